The van der Waals surface area contributed by atoms with Crippen LogP contribution in [-0.4, -0.2) is 11.5 Å². The van der Waals surface area contributed by atoms with Crippen LogP contribution in [0.5, 0.6) is 0 Å². The highest BCUT2D eigenvalue weighted by molar-refractivity contribution is 7.80. The van der Waals surface area contributed by atoms with Crippen molar-refractivity contribution in [1.29, 1.82) is 0 Å². The van der Waals surface area contributed by atoms with E-state index < -0.39 is 0 Å². The van der Waals surface area contributed by atoms with Gasteiger partial charge in [0.1, 0.15) is 5.16 Å². The first-order chi connectivity index (χ1) is 4.16. The van der Waals surface area contributed by atoms with Crippen LogP contribution in [0.4, 0.5) is 0 Å². The molecule has 0 atom stereocenters. The highest BCUT2D eigenvalue weighted by Crippen LogP contribution is 1.84. The Balaban J connectivity index is 3.50. The van der Waals surface area contributed by atoms with E-state index in [4.69, 9.17) is 23.1 Å². The van der Waals surface area contributed by atoms with E-state index in [9.17, 15) is 0 Å². The summed E-state index contributed by atoms with van der Waals surface area (Å²) in [7, 11) is 0. The zero-order valence-electron chi connectivity index (χ0n) is 4.73. The van der Waals surface area contributed by atoms with E-state index >= 15 is 0 Å². The minimum absolute atomic E-state index is 0.158. The van der Waals surface area contributed by atoms with Crippen molar-refractivity contribution in [2.45, 2.75) is 0 Å². The summed E-state index contributed by atoms with van der Waals surface area (Å²) >= 11 is 9.93. The van der Waals surface area contributed by atoms with Gasteiger partial charge in [-0.05, 0) is 0 Å². The molecule has 52 valence electrons. The molecule has 3 nitrogen and oxygen atoms in total. The Labute approximate surface area is 64.0 Å². The molecule has 0 aromatic heterocycles. The van der Waals surface area contributed by atoms with Crippen molar-refractivity contribution in [3.05, 3.63) is 11.4 Å². The molecule has 0 aliphatic heterocycles. The molecule has 0 heterocycles. The number of thiocarbonyl (C=S) groups is 1. The van der Waals surface area contributed by atoms with Crippen molar-refractivity contribution < 1.29 is 0 Å². The summed E-state index contributed by atoms with van der Waals surface area (Å²) in [5, 5.41) is 2.78. The van der Waals surface area contributed by atoms with E-state index in [1.54, 1.807) is 0 Å². The summed E-state index contributed by atoms with van der Waals surface area (Å²) in [6.07, 6.45) is 1.39. The Kier molecular flexibility index (Phi) is 4.39. The first kappa shape index (κ1) is 8.68. The first-order valence-corrected chi connectivity index (χ1v) is 3.06. The molecule has 0 amide bonds. The van der Waals surface area contributed by atoms with Crippen LogP contribution in [0.2, 0.25) is 0 Å². The van der Waals surface area contributed by atoms with Crippen LogP contribution in [0.3, 0.4) is 0 Å². The molecule has 0 rings (SSSR count). The lowest BCUT2D eigenvalue weighted by Gasteiger charge is -1.96. The van der Waals surface area contributed by atoms with Gasteiger partial charge in [-0.25, -0.2) is 0 Å². The van der Waals surface area contributed by atoms with Gasteiger partial charge in [-0.15, -0.1) is 0 Å². The third-order valence-corrected chi connectivity index (χ3v) is 0.950. The lowest BCUT2D eigenvalue weighted by atomic mass is 10.6. The van der Waals surface area contributed by atoms with Crippen LogP contribution in [-0.2, 0) is 0 Å². The van der Waals surface area contributed by atoms with E-state index in [1.165, 1.54) is 6.20 Å². The number of hydrogen-bond donors (Lipinski definition) is 3. The molecule has 9 heavy (non-hydrogen) atoms. The second-order valence-corrected chi connectivity index (χ2v) is 2.23. The first-order valence-electron chi connectivity index (χ1n) is 2.27. The van der Waals surface area contributed by atoms with Gasteiger partial charge in [0.25, 0.3) is 0 Å². The molecule has 0 aliphatic carbocycles. The Morgan fingerprint density at radius 2 is 2.33 bits per heavy atom. The Bertz CT molecular complexity index is 130. The van der Waals surface area contributed by atoms with Crippen molar-refractivity contribution in [1.82, 2.24) is 5.32 Å². The summed E-state index contributed by atoms with van der Waals surface area (Å²) in [6, 6.07) is 0. The Hall–Kier alpha value is -0.320. The predicted molar refractivity (Wildman–Crippen MR) is 42.9 cm³/mol. The molecular formula is C4H8ClN3S. The zero-order valence-corrected chi connectivity index (χ0v) is 6.30. The van der Waals surface area contributed by atoms with Crippen LogP contribution >= 0.6 is 23.8 Å². The Morgan fingerprint density at radius 1 is 1.78 bits per heavy atom. The van der Waals surface area contributed by atoms with E-state index in [0.29, 0.717) is 11.5 Å². The number of nitrogens with one attached hydrogen (secondary N) is 1. The maximum atomic E-state index is 5.25. The fraction of sp³-hybridized carbons (Fsp3) is 0.250. The van der Waals surface area contributed by atoms with Crippen molar-refractivity contribution in [3.63, 3.8) is 0 Å². The monoisotopic (exact) mass is 165 g/mol. The molecule has 5 heteroatoms. The van der Waals surface area contributed by atoms with Crippen LogP contribution in [0.25, 0.3) is 0 Å². The normalized spacial score (nSPS) is 11.1. The molecule has 0 aliphatic rings. The molecule has 0 saturated heterocycles. The summed E-state index contributed by atoms with van der Waals surface area (Å²) < 4.78 is 0. The molecule has 0 radical (unpaired) electrons. The van der Waals surface area contributed by atoms with Crippen molar-refractivity contribution in [3.8, 4) is 0 Å². The van der Waals surface area contributed by atoms with Crippen LogP contribution in [0.1, 0.15) is 0 Å². The zero-order chi connectivity index (χ0) is 7.28. The number of halogens is 1. The molecule has 0 spiro atoms. The second kappa shape index (κ2) is 4.55. The highest BCUT2D eigenvalue weighted by atomic mass is 35.5. The molecule has 0 aromatic carbocycles. The quantitative estimate of drug-likeness (QED) is 0.394. The molecule has 0 bridgehead atoms. The molecule has 0 fully saturated rings. The van der Waals surface area contributed by atoms with Gasteiger partial charge in [0.15, 0.2) is 0 Å². The molecule has 5 N–H and O–H groups in total. The molecule has 0 saturated carbocycles. The minimum atomic E-state index is 0.158. The number of hydrogen-bond acceptors (Lipinski definition) is 3. The van der Waals surface area contributed by atoms with Crippen molar-refractivity contribution >= 4 is 28.8 Å². The van der Waals surface area contributed by atoms with Crippen LogP contribution < -0.4 is 16.8 Å². The highest BCUT2D eigenvalue weighted by Gasteiger charge is 1.85. The maximum Gasteiger partial charge on any atom is 0.115 e. The molecule has 0 unspecified atom stereocenters. The van der Waals surface area contributed by atoms with Crippen molar-refractivity contribution in [2.75, 3.05) is 6.54 Å². The van der Waals surface area contributed by atoms with Crippen LogP contribution in [0.15, 0.2) is 11.4 Å². The number of rotatable bonds is 2. The lowest BCUT2D eigenvalue weighted by molar-refractivity contribution is 1.19. The molecular weight excluding hydrogens is 158 g/mol. The third kappa shape index (κ3) is 5.55. The fourth-order valence-corrected chi connectivity index (χ4v) is 0.322. The topological polar surface area (TPSA) is 64.1 Å². The second-order valence-electron chi connectivity index (χ2n) is 1.30. The smallest absolute Gasteiger partial charge is 0.115 e. The van der Waals surface area contributed by atoms with Gasteiger partial charge in [-0.2, -0.15) is 0 Å². The van der Waals surface area contributed by atoms with E-state index in [0.717, 1.165) is 0 Å². The van der Waals surface area contributed by atoms with Gasteiger partial charge in [-0.3, -0.25) is 0 Å². The van der Waals surface area contributed by atoms with E-state index in [-0.39, 0.29) is 5.16 Å². The fourth-order valence-electron chi connectivity index (χ4n) is 0.208. The van der Waals surface area contributed by atoms with Crippen molar-refractivity contribution in [2.24, 2.45) is 11.5 Å². The summed E-state index contributed by atoms with van der Waals surface area (Å²) in [4.78, 5) is 0.513. The van der Waals surface area contributed by atoms with Gasteiger partial charge < -0.3 is 16.8 Å². The van der Waals surface area contributed by atoms with E-state index in [1.807, 2.05) is 0 Å². The number of nitrogens with two attached hydrogens (primary N) is 2. The van der Waals surface area contributed by atoms with Gasteiger partial charge in [0, 0.05) is 12.7 Å². The lowest BCUT2D eigenvalue weighted by Crippen LogP contribution is -2.24. The average molecular weight is 166 g/mol. The largest absolute Gasteiger partial charge is 0.388 e. The van der Waals surface area contributed by atoms with Gasteiger partial charge >= 0.3 is 0 Å². The summed E-state index contributed by atoms with van der Waals surface area (Å²) in [5.41, 5.74) is 10.2. The van der Waals surface area contributed by atoms with E-state index in [2.05, 4.69) is 17.5 Å². The maximum absolute atomic E-state index is 5.25. The minimum Gasteiger partial charge on any atom is -0.388 e. The predicted octanol–water partition coefficient (Wildman–Crippen LogP) is -0.142. The summed E-state index contributed by atoms with van der Waals surface area (Å²) in [5.74, 6) is 0. The summed E-state index contributed by atoms with van der Waals surface area (Å²) in [6.45, 7) is 0.302. The van der Waals surface area contributed by atoms with Gasteiger partial charge in [-0.1, -0.05) is 23.8 Å². The van der Waals surface area contributed by atoms with Gasteiger partial charge in [0.05, 0.1) is 4.99 Å². The Morgan fingerprint density at radius 3 is 2.67 bits per heavy atom. The van der Waals surface area contributed by atoms with Crippen LogP contribution in [0, 0.1) is 0 Å². The SMILES string of the molecule is NCC(=S)N/C=C(\N)Cl. The third-order valence-electron chi connectivity index (χ3n) is 0.556. The molecule has 0 aromatic rings. The standard InChI is InChI=1S/C4H8ClN3S/c5-3(7)2-8-4(9)1-6/h2H,1,6-7H2,(H,8,9)/b3-2-. The average Bonchev–Trinajstić information content (AvgIpc) is 1.83. The van der Waals surface area contributed by atoms with Gasteiger partial charge in [0.2, 0.25) is 0 Å².